The summed E-state index contributed by atoms with van der Waals surface area (Å²) < 4.78 is 0. The first-order chi connectivity index (χ1) is 7.70. The van der Waals surface area contributed by atoms with E-state index >= 15 is 0 Å². The van der Waals surface area contributed by atoms with Crippen molar-refractivity contribution in [2.24, 2.45) is 0 Å². The molecule has 16 heavy (non-hydrogen) atoms. The Morgan fingerprint density at radius 2 is 2.12 bits per heavy atom. The van der Waals surface area contributed by atoms with Crippen molar-refractivity contribution in [3.05, 3.63) is 29.8 Å². The zero-order valence-corrected chi connectivity index (χ0v) is 8.85. The van der Waals surface area contributed by atoms with E-state index in [2.05, 4.69) is 0 Å². The molecule has 0 aromatic heterocycles. The van der Waals surface area contributed by atoms with Crippen molar-refractivity contribution >= 4 is 17.4 Å². The fourth-order valence-corrected chi connectivity index (χ4v) is 1.83. The Labute approximate surface area is 93.5 Å². The van der Waals surface area contributed by atoms with E-state index in [4.69, 9.17) is 5.11 Å². The summed E-state index contributed by atoms with van der Waals surface area (Å²) in [5.41, 5.74) is 1.70. The zero-order valence-electron chi connectivity index (χ0n) is 8.85. The number of carbonyl (C=O) groups is 2. The summed E-state index contributed by atoms with van der Waals surface area (Å²) in [6, 6.07) is 7.36. The van der Waals surface area contributed by atoms with Gasteiger partial charge in [0.2, 0.25) is 5.91 Å². The molecule has 1 aromatic carbocycles. The van der Waals surface area contributed by atoms with Gasteiger partial charge in [-0.3, -0.25) is 9.59 Å². The summed E-state index contributed by atoms with van der Waals surface area (Å²) in [5.74, 6) is -0.191. The summed E-state index contributed by atoms with van der Waals surface area (Å²) in [5, 5.41) is 8.84. The summed E-state index contributed by atoms with van der Waals surface area (Å²) in [4.78, 5) is 24.1. The van der Waals surface area contributed by atoms with Crippen molar-refractivity contribution < 1.29 is 14.7 Å². The Kier molecular flexibility index (Phi) is 3.01. The normalized spacial score (nSPS) is 15.9. The molecule has 1 amide bonds. The molecular formula is C12H13NO3. The van der Waals surface area contributed by atoms with Gasteiger partial charge in [-0.15, -0.1) is 0 Å². The van der Waals surface area contributed by atoms with Gasteiger partial charge in [0.25, 0.3) is 0 Å². The van der Waals surface area contributed by atoms with Gasteiger partial charge in [0.15, 0.2) is 5.78 Å². The third-order valence-corrected chi connectivity index (χ3v) is 2.61. The second-order valence-electron chi connectivity index (χ2n) is 3.84. The van der Waals surface area contributed by atoms with E-state index in [9.17, 15) is 9.59 Å². The molecule has 2 rings (SSSR count). The van der Waals surface area contributed by atoms with Gasteiger partial charge in [-0.25, -0.2) is 0 Å². The van der Waals surface area contributed by atoms with E-state index in [1.54, 1.807) is 6.07 Å². The molecule has 1 heterocycles. The molecule has 0 bridgehead atoms. The average Bonchev–Trinajstić information content (AvgIpc) is 2.59. The van der Waals surface area contributed by atoms with Crippen molar-refractivity contribution in [1.82, 2.24) is 0 Å². The second kappa shape index (κ2) is 4.45. The Morgan fingerprint density at radius 3 is 2.75 bits per heavy atom. The monoisotopic (exact) mass is 219 g/mol. The summed E-state index contributed by atoms with van der Waals surface area (Å²) >= 11 is 0. The van der Waals surface area contributed by atoms with E-state index < -0.39 is 0 Å². The van der Waals surface area contributed by atoms with Crippen molar-refractivity contribution in [1.29, 1.82) is 0 Å². The highest BCUT2D eigenvalue weighted by Gasteiger charge is 2.28. The number of benzene rings is 1. The van der Waals surface area contributed by atoms with E-state index in [1.165, 1.54) is 4.90 Å². The lowest BCUT2D eigenvalue weighted by Gasteiger charge is -2.15. The van der Waals surface area contributed by atoms with Crippen LogP contribution in [0.1, 0.15) is 12.0 Å². The van der Waals surface area contributed by atoms with Crippen LogP contribution in [0.25, 0.3) is 0 Å². The van der Waals surface area contributed by atoms with Gasteiger partial charge in [0.05, 0.1) is 13.0 Å². The first-order valence-corrected chi connectivity index (χ1v) is 5.22. The van der Waals surface area contributed by atoms with Gasteiger partial charge in [0, 0.05) is 12.3 Å². The highest BCUT2D eigenvalue weighted by molar-refractivity contribution is 6.15. The lowest BCUT2D eigenvalue weighted by atomic mass is 10.1. The van der Waals surface area contributed by atoms with E-state index in [-0.39, 0.29) is 31.3 Å². The number of rotatable bonds is 3. The quantitative estimate of drug-likeness (QED) is 0.754. The van der Waals surface area contributed by atoms with Gasteiger partial charge < -0.3 is 10.0 Å². The molecule has 84 valence electrons. The zero-order chi connectivity index (χ0) is 11.5. The molecule has 0 radical (unpaired) electrons. The number of hydrogen-bond donors (Lipinski definition) is 1. The maximum absolute atomic E-state index is 11.5. The van der Waals surface area contributed by atoms with Crippen LogP contribution in [0.2, 0.25) is 0 Å². The van der Waals surface area contributed by atoms with Crippen LogP contribution in [0.5, 0.6) is 0 Å². The SMILES string of the molecule is O=C1CC(=O)N(c2cccc(CCO)c2)C1. The predicted molar refractivity (Wildman–Crippen MR) is 59.2 cm³/mol. The van der Waals surface area contributed by atoms with Crippen molar-refractivity contribution in [2.75, 3.05) is 18.1 Å². The molecule has 0 spiro atoms. The largest absolute Gasteiger partial charge is 0.396 e. The maximum atomic E-state index is 11.5. The minimum atomic E-state index is -0.147. The Bertz CT molecular complexity index is 428. The lowest BCUT2D eigenvalue weighted by molar-refractivity contribution is -0.121. The maximum Gasteiger partial charge on any atom is 0.234 e. The molecule has 1 aromatic rings. The number of anilines is 1. The fourth-order valence-electron chi connectivity index (χ4n) is 1.83. The van der Waals surface area contributed by atoms with Crippen LogP contribution < -0.4 is 4.90 Å². The van der Waals surface area contributed by atoms with Crippen LogP contribution in [-0.4, -0.2) is 29.9 Å². The minimum Gasteiger partial charge on any atom is -0.396 e. The number of carbonyl (C=O) groups excluding carboxylic acids is 2. The molecule has 4 heteroatoms. The topological polar surface area (TPSA) is 57.6 Å². The number of Topliss-reactive ketones (excluding diaryl/α,β-unsaturated/α-hetero) is 1. The average molecular weight is 219 g/mol. The van der Waals surface area contributed by atoms with Gasteiger partial charge in [-0.2, -0.15) is 0 Å². The predicted octanol–water partition coefficient (Wildman–Crippen LogP) is 0.527. The first kappa shape index (κ1) is 10.8. The molecule has 1 aliphatic heterocycles. The van der Waals surface area contributed by atoms with E-state index in [0.717, 1.165) is 11.3 Å². The summed E-state index contributed by atoms with van der Waals surface area (Å²) in [6.45, 7) is 0.248. The van der Waals surface area contributed by atoms with Crippen LogP contribution in [0.15, 0.2) is 24.3 Å². The summed E-state index contributed by atoms with van der Waals surface area (Å²) in [7, 11) is 0. The van der Waals surface area contributed by atoms with Gasteiger partial charge >= 0.3 is 0 Å². The fraction of sp³-hybridized carbons (Fsp3) is 0.333. The molecule has 1 saturated heterocycles. The highest BCUT2D eigenvalue weighted by atomic mass is 16.3. The molecule has 0 aliphatic carbocycles. The van der Waals surface area contributed by atoms with Crippen LogP contribution in [0, 0.1) is 0 Å². The van der Waals surface area contributed by atoms with Crippen molar-refractivity contribution in [3.8, 4) is 0 Å². The molecule has 0 unspecified atom stereocenters. The van der Waals surface area contributed by atoms with E-state index in [0.29, 0.717) is 6.42 Å². The molecule has 4 nitrogen and oxygen atoms in total. The number of hydrogen-bond acceptors (Lipinski definition) is 3. The number of amides is 1. The number of ketones is 1. The number of nitrogens with zero attached hydrogens (tertiary/aromatic N) is 1. The van der Waals surface area contributed by atoms with Gasteiger partial charge in [-0.05, 0) is 24.1 Å². The third kappa shape index (κ3) is 2.12. The van der Waals surface area contributed by atoms with Gasteiger partial charge in [0.1, 0.15) is 0 Å². The molecule has 1 fully saturated rings. The van der Waals surface area contributed by atoms with Crippen molar-refractivity contribution in [3.63, 3.8) is 0 Å². The summed E-state index contributed by atoms with van der Waals surface area (Å²) in [6.07, 6.45) is 0.564. The van der Waals surface area contributed by atoms with Crippen LogP contribution >= 0.6 is 0 Å². The molecule has 1 N–H and O–H groups in total. The minimum absolute atomic E-state index is 0.00419. The third-order valence-electron chi connectivity index (χ3n) is 2.61. The Balaban J connectivity index is 2.23. The molecule has 0 atom stereocenters. The highest BCUT2D eigenvalue weighted by Crippen LogP contribution is 2.21. The first-order valence-electron chi connectivity index (χ1n) is 5.22. The standard InChI is InChI=1S/C12H13NO3/c14-5-4-9-2-1-3-10(6-9)13-8-11(15)7-12(13)16/h1-3,6,14H,4-5,7-8H2. The smallest absolute Gasteiger partial charge is 0.234 e. The lowest BCUT2D eigenvalue weighted by Crippen LogP contribution is -2.24. The molecule has 0 saturated carbocycles. The molecular weight excluding hydrogens is 206 g/mol. The van der Waals surface area contributed by atoms with E-state index in [1.807, 2.05) is 18.2 Å². The van der Waals surface area contributed by atoms with Crippen LogP contribution in [0.3, 0.4) is 0 Å². The number of aliphatic hydroxyl groups excluding tert-OH is 1. The molecule has 1 aliphatic rings. The Morgan fingerprint density at radius 1 is 1.31 bits per heavy atom. The van der Waals surface area contributed by atoms with Crippen LogP contribution in [-0.2, 0) is 16.0 Å². The number of aliphatic hydroxyl groups is 1. The Hall–Kier alpha value is -1.68. The van der Waals surface area contributed by atoms with Crippen LogP contribution in [0.4, 0.5) is 5.69 Å². The van der Waals surface area contributed by atoms with Gasteiger partial charge in [-0.1, -0.05) is 12.1 Å². The second-order valence-corrected chi connectivity index (χ2v) is 3.84. The van der Waals surface area contributed by atoms with Crippen molar-refractivity contribution in [2.45, 2.75) is 12.8 Å².